The molecule has 88 valence electrons. The van der Waals surface area contributed by atoms with Crippen LogP contribution in [0, 0.1) is 11.8 Å². The quantitative estimate of drug-likeness (QED) is 0.848. The summed E-state index contributed by atoms with van der Waals surface area (Å²) in [5, 5.41) is 10.6. The highest BCUT2D eigenvalue weighted by Gasteiger charge is 2.40. The molecule has 2 aliphatic rings. The van der Waals surface area contributed by atoms with Crippen molar-refractivity contribution in [2.75, 3.05) is 0 Å². The monoisotopic (exact) mass is 220 g/mol. The highest BCUT2D eigenvalue weighted by atomic mass is 16.3. The number of rotatable bonds is 3. The number of furan rings is 1. The third kappa shape index (κ3) is 2.17. The molecule has 1 aromatic rings. The molecule has 1 heterocycles. The fraction of sp³-hybridized carbons (Fsp3) is 0.714. The van der Waals surface area contributed by atoms with Gasteiger partial charge in [0, 0.05) is 6.42 Å². The van der Waals surface area contributed by atoms with Crippen molar-refractivity contribution in [2.45, 2.75) is 50.5 Å². The summed E-state index contributed by atoms with van der Waals surface area (Å²) in [6.07, 6.45) is 11.5. The number of hydrogen-bond acceptors (Lipinski definition) is 2. The zero-order valence-electron chi connectivity index (χ0n) is 9.69. The lowest BCUT2D eigenvalue weighted by atomic mass is 9.73. The summed E-state index contributed by atoms with van der Waals surface area (Å²) in [6, 6.07) is 1.97. The molecule has 1 N–H and O–H groups in total. The fourth-order valence-corrected chi connectivity index (χ4v) is 3.29. The number of hydrogen-bond donors (Lipinski definition) is 1. The minimum Gasteiger partial charge on any atom is -0.472 e. The zero-order chi connectivity index (χ0) is 11.0. The second kappa shape index (κ2) is 3.92. The van der Waals surface area contributed by atoms with E-state index >= 15 is 0 Å². The molecular weight excluding hydrogens is 200 g/mol. The normalized spacial score (nSPS) is 35.2. The molecule has 0 saturated heterocycles. The molecular formula is C14H20O2. The topological polar surface area (TPSA) is 33.4 Å². The van der Waals surface area contributed by atoms with E-state index in [1.165, 1.54) is 25.7 Å². The summed E-state index contributed by atoms with van der Waals surface area (Å²) in [5.74, 6) is 1.71. The molecule has 0 bridgehead atoms. The molecule has 2 atom stereocenters. The van der Waals surface area contributed by atoms with E-state index in [9.17, 15) is 5.11 Å². The first-order valence-corrected chi connectivity index (χ1v) is 6.49. The van der Waals surface area contributed by atoms with E-state index < -0.39 is 5.60 Å². The smallest absolute Gasteiger partial charge is 0.0935 e. The van der Waals surface area contributed by atoms with E-state index in [0.717, 1.165) is 36.7 Å². The van der Waals surface area contributed by atoms with Crippen LogP contribution in [0.5, 0.6) is 0 Å². The third-order valence-corrected chi connectivity index (χ3v) is 4.26. The molecule has 3 rings (SSSR count). The molecule has 2 fully saturated rings. The third-order valence-electron chi connectivity index (χ3n) is 4.26. The van der Waals surface area contributed by atoms with Crippen LogP contribution < -0.4 is 0 Å². The van der Waals surface area contributed by atoms with Gasteiger partial charge in [0.05, 0.1) is 18.1 Å². The van der Waals surface area contributed by atoms with E-state index in [1.54, 1.807) is 12.5 Å². The Labute approximate surface area is 96.7 Å². The maximum absolute atomic E-state index is 10.6. The zero-order valence-corrected chi connectivity index (χ0v) is 9.69. The Balaban J connectivity index is 1.66. The van der Waals surface area contributed by atoms with Crippen molar-refractivity contribution in [1.29, 1.82) is 0 Å². The summed E-state index contributed by atoms with van der Waals surface area (Å²) in [6.45, 7) is 0. The van der Waals surface area contributed by atoms with Crippen LogP contribution >= 0.6 is 0 Å². The summed E-state index contributed by atoms with van der Waals surface area (Å²) >= 11 is 0. The highest BCUT2D eigenvalue weighted by molar-refractivity contribution is 5.10. The van der Waals surface area contributed by atoms with Gasteiger partial charge in [0.25, 0.3) is 0 Å². The van der Waals surface area contributed by atoms with Gasteiger partial charge >= 0.3 is 0 Å². The second-order valence-corrected chi connectivity index (χ2v) is 5.73. The molecule has 2 unspecified atom stereocenters. The van der Waals surface area contributed by atoms with Gasteiger partial charge in [0.15, 0.2) is 0 Å². The predicted molar refractivity (Wildman–Crippen MR) is 62.0 cm³/mol. The van der Waals surface area contributed by atoms with Crippen LogP contribution in [0.25, 0.3) is 0 Å². The van der Waals surface area contributed by atoms with Crippen LogP contribution in [0.4, 0.5) is 0 Å². The SMILES string of the molecule is OC1(Cc2ccoc2)CCCC(C2CC2)C1. The summed E-state index contributed by atoms with van der Waals surface area (Å²) in [4.78, 5) is 0. The van der Waals surface area contributed by atoms with Gasteiger partial charge in [-0.1, -0.05) is 6.42 Å². The average molecular weight is 220 g/mol. The average Bonchev–Trinajstić information content (AvgIpc) is 2.99. The molecule has 16 heavy (non-hydrogen) atoms. The van der Waals surface area contributed by atoms with Crippen LogP contribution in [-0.4, -0.2) is 10.7 Å². The van der Waals surface area contributed by atoms with Gasteiger partial charge in [0.1, 0.15) is 0 Å². The van der Waals surface area contributed by atoms with Crippen LogP contribution in [-0.2, 0) is 6.42 Å². The van der Waals surface area contributed by atoms with Gasteiger partial charge in [0.2, 0.25) is 0 Å². The van der Waals surface area contributed by atoms with E-state index in [0.29, 0.717) is 0 Å². The standard InChI is InChI=1S/C14H20O2/c15-14(8-11-5-7-16-10-11)6-1-2-13(9-14)12-3-4-12/h5,7,10,12-13,15H,1-4,6,8-9H2. The molecule has 0 aromatic carbocycles. The molecule has 2 aliphatic carbocycles. The van der Waals surface area contributed by atoms with Crippen molar-refractivity contribution in [3.8, 4) is 0 Å². The maximum atomic E-state index is 10.6. The van der Waals surface area contributed by atoms with Gasteiger partial charge < -0.3 is 9.52 Å². The Morgan fingerprint density at radius 1 is 1.31 bits per heavy atom. The van der Waals surface area contributed by atoms with E-state index in [2.05, 4.69) is 0 Å². The van der Waals surface area contributed by atoms with Gasteiger partial charge in [-0.25, -0.2) is 0 Å². The summed E-state index contributed by atoms with van der Waals surface area (Å²) < 4.78 is 5.08. The molecule has 0 aliphatic heterocycles. The Hall–Kier alpha value is -0.760. The minimum absolute atomic E-state index is 0.463. The van der Waals surface area contributed by atoms with E-state index in [1.807, 2.05) is 6.07 Å². The van der Waals surface area contributed by atoms with Crippen molar-refractivity contribution in [1.82, 2.24) is 0 Å². The summed E-state index contributed by atoms with van der Waals surface area (Å²) in [7, 11) is 0. The second-order valence-electron chi connectivity index (χ2n) is 5.73. The largest absolute Gasteiger partial charge is 0.472 e. The first-order chi connectivity index (χ1) is 7.75. The van der Waals surface area contributed by atoms with Crippen molar-refractivity contribution in [3.63, 3.8) is 0 Å². The van der Waals surface area contributed by atoms with Crippen LogP contribution in [0.3, 0.4) is 0 Å². The Morgan fingerprint density at radius 3 is 2.88 bits per heavy atom. The van der Waals surface area contributed by atoms with Crippen molar-refractivity contribution < 1.29 is 9.52 Å². The Kier molecular flexibility index (Phi) is 2.55. The molecule has 2 heteroatoms. The minimum atomic E-state index is -0.463. The predicted octanol–water partition coefficient (Wildman–Crippen LogP) is 3.15. The maximum Gasteiger partial charge on any atom is 0.0935 e. The van der Waals surface area contributed by atoms with Crippen molar-refractivity contribution in [2.24, 2.45) is 11.8 Å². The van der Waals surface area contributed by atoms with E-state index in [4.69, 9.17) is 4.42 Å². The first kappa shape index (κ1) is 10.4. The lowest BCUT2D eigenvalue weighted by molar-refractivity contribution is -0.0196. The Bertz CT molecular complexity index is 340. The summed E-state index contributed by atoms with van der Waals surface area (Å²) in [5.41, 5.74) is 0.675. The van der Waals surface area contributed by atoms with Gasteiger partial charge in [-0.15, -0.1) is 0 Å². The fourth-order valence-electron chi connectivity index (χ4n) is 3.29. The molecule has 1 aromatic heterocycles. The Morgan fingerprint density at radius 2 is 2.19 bits per heavy atom. The lowest BCUT2D eigenvalue weighted by Gasteiger charge is -2.37. The van der Waals surface area contributed by atoms with Gasteiger partial charge in [-0.2, -0.15) is 0 Å². The first-order valence-electron chi connectivity index (χ1n) is 6.49. The molecule has 0 amide bonds. The molecule has 0 spiro atoms. The van der Waals surface area contributed by atoms with Gasteiger partial charge in [-0.3, -0.25) is 0 Å². The molecule has 2 saturated carbocycles. The van der Waals surface area contributed by atoms with Crippen molar-refractivity contribution >= 4 is 0 Å². The number of aliphatic hydroxyl groups is 1. The van der Waals surface area contributed by atoms with Crippen LogP contribution in [0.2, 0.25) is 0 Å². The highest BCUT2D eigenvalue weighted by Crippen LogP contribution is 2.47. The van der Waals surface area contributed by atoms with E-state index in [-0.39, 0.29) is 0 Å². The van der Waals surface area contributed by atoms with Crippen LogP contribution in [0.1, 0.15) is 44.1 Å². The van der Waals surface area contributed by atoms with Crippen LogP contribution in [0.15, 0.2) is 23.0 Å². The van der Waals surface area contributed by atoms with Crippen molar-refractivity contribution in [3.05, 3.63) is 24.2 Å². The lowest BCUT2D eigenvalue weighted by Crippen LogP contribution is -2.37. The molecule has 0 radical (unpaired) electrons. The van der Waals surface area contributed by atoms with Gasteiger partial charge in [-0.05, 0) is 55.6 Å². The molecule has 2 nitrogen and oxygen atoms in total.